The van der Waals surface area contributed by atoms with Gasteiger partial charge in [0.1, 0.15) is 11.3 Å². The molecular formula is C13H10ClN3O2S2. The van der Waals surface area contributed by atoms with Crippen molar-refractivity contribution in [1.29, 1.82) is 0 Å². The van der Waals surface area contributed by atoms with Crippen LogP contribution in [-0.2, 0) is 0 Å². The molecule has 0 spiro atoms. The third kappa shape index (κ3) is 2.94. The van der Waals surface area contributed by atoms with E-state index in [1.807, 2.05) is 17.5 Å². The molecule has 21 heavy (non-hydrogen) atoms. The van der Waals surface area contributed by atoms with E-state index in [1.165, 1.54) is 22.7 Å². The number of carbonyl (C=O) groups is 1. The fourth-order valence-corrected chi connectivity index (χ4v) is 3.52. The van der Waals surface area contributed by atoms with Gasteiger partial charge in [-0.15, -0.1) is 11.3 Å². The first-order chi connectivity index (χ1) is 10.2. The molecule has 0 saturated heterocycles. The summed E-state index contributed by atoms with van der Waals surface area (Å²) < 4.78 is 6.02. The second-order valence-corrected chi connectivity index (χ2v) is 6.36. The van der Waals surface area contributed by atoms with Crippen LogP contribution in [-0.4, -0.2) is 18.1 Å². The van der Waals surface area contributed by atoms with Crippen molar-refractivity contribution >= 4 is 60.7 Å². The zero-order valence-electron chi connectivity index (χ0n) is 10.8. The Labute approximate surface area is 133 Å². The summed E-state index contributed by atoms with van der Waals surface area (Å²) in [4.78, 5) is 16.2. The van der Waals surface area contributed by atoms with E-state index in [4.69, 9.17) is 16.3 Å². The first-order valence-corrected chi connectivity index (χ1v) is 7.99. The maximum atomic E-state index is 11.9. The number of hydrogen-bond acceptors (Lipinski definition) is 5. The molecule has 0 bridgehead atoms. The Morgan fingerprint density at radius 3 is 2.90 bits per heavy atom. The number of methoxy groups -OCH3 is 1. The number of aromatic nitrogens is 1. The fourth-order valence-electron chi connectivity index (χ4n) is 1.76. The second kappa shape index (κ2) is 5.88. The zero-order valence-corrected chi connectivity index (χ0v) is 13.2. The van der Waals surface area contributed by atoms with Crippen LogP contribution >= 0.6 is 34.3 Å². The molecule has 0 aliphatic carbocycles. The lowest BCUT2D eigenvalue weighted by Gasteiger charge is -2.01. The van der Waals surface area contributed by atoms with Crippen LogP contribution in [0.4, 0.5) is 14.9 Å². The molecule has 108 valence electrons. The molecule has 0 radical (unpaired) electrons. The minimum atomic E-state index is -0.341. The van der Waals surface area contributed by atoms with E-state index in [0.717, 1.165) is 9.70 Å². The molecule has 0 aliphatic heterocycles. The Morgan fingerprint density at radius 2 is 2.19 bits per heavy atom. The SMILES string of the molecule is COc1ccc(Cl)c2sc(NC(=O)Nc3cccs3)nc12. The predicted molar refractivity (Wildman–Crippen MR) is 88.1 cm³/mol. The van der Waals surface area contributed by atoms with Crippen molar-refractivity contribution in [2.45, 2.75) is 0 Å². The maximum Gasteiger partial charge on any atom is 0.326 e. The van der Waals surface area contributed by atoms with Crippen LogP contribution in [0.2, 0.25) is 5.02 Å². The Morgan fingerprint density at radius 1 is 1.33 bits per heavy atom. The highest BCUT2D eigenvalue weighted by Crippen LogP contribution is 2.37. The van der Waals surface area contributed by atoms with Crippen molar-refractivity contribution in [3.63, 3.8) is 0 Å². The Kier molecular flexibility index (Phi) is 3.96. The quantitative estimate of drug-likeness (QED) is 0.729. The highest BCUT2D eigenvalue weighted by Gasteiger charge is 2.14. The third-order valence-corrected chi connectivity index (χ3v) is 4.87. The molecule has 2 amide bonds. The van der Waals surface area contributed by atoms with Crippen LogP contribution < -0.4 is 15.4 Å². The second-order valence-electron chi connectivity index (χ2n) is 4.00. The molecule has 2 aromatic heterocycles. The average Bonchev–Trinajstić information content (AvgIpc) is 3.09. The summed E-state index contributed by atoms with van der Waals surface area (Å²) in [5, 5.41) is 9.12. The normalized spacial score (nSPS) is 10.6. The largest absolute Gasteiger partial charge is 0.494 e. The molecule has 0 atom stereocenters. The number of ether oxygens (including phenoxy) is 1. The summed E-state index contributed by atoms with van der Waals surface area (Å²) in [6.07, 6.45) is 0. The standard InChI is InChI=1S/C13H10ClN3O2S2/c1-19-8-5-4-7(14)11-10(8)16-13(21-11)17-12(18)15-9-3-2-6-20-9/h2-6H,1H3,(H2,15,16,17,18). The van der Waals surface area contributed by atoms with Gasteiger partial charge in [-0.1, -0.05) is 22.9 Å². The number of hydrogen-bond donors (Lipinski definition) is 2. The number of carbonyl (C=O) groups excluding carboxylic acids is 1. The van der Waals surface area contributed by atoms with E-state index in [2.05, 4.69) is 15.6 Å². The van der Waals surface area contributed by atoms with Crippen LogP contribution in [0.1, 0.15) is 0 Å². The van der Waals surface area contributed by atoms with E-state index in [-0.39, 0.29) is 6.03 Å². The lowest BCUT2D eigenvalue weighted by molar-refractivity contribution is 0.262. The average molecular weight is 340 g/mol. The molecule has 2 N–H and O–H groups in total. The van der Waals surface area contributed by atoms with Crippen molar-refractivity contribution < 1.29 is 9.53 Å². The zero-order chi connectivity index (χ0) is 14.8. The molecule has 3 aromatic rings. The minimum absolute atomic E-state index is 0.341. The topological polar surface area (TPSA) is 63.2 Å². The number of thiazole rings is 1. The molecule has 3 rings (SSSR count). The Balaban J connectivity index is 1.84. The van der Waals surface area contributed by atoms with Gasteiger partial charge in [-0.3, -0.25) is 10.6 Å². The van der Waals surface area contributed by atoms with Crippen molar-refractivity contribution in [2.24, 2.45) is 0 Å². The lowest BCUT2D eigenvalue weighted by atomic mass is 10.3. The number of thiophene rings is 1. The number of benzene rings is 1. The van der Waals surface area contributed by atoms with Gasteiger partial charge in [-0.2, -0.15) is 0 Å². The molecular weight excluding hydrogens is 330 g/mol. The van der Waals surface area contributed by atoms with E-state index in [1.54, 1.807) is 19.2 Å². The van der Waals surface area contributed by atoms with Gasteiger partial charge in [-0.25, -0.2) is 9.78 Å². The number of anilines is 2. The number of amides is 2. The first kappa shape index (κ1) is 14.1. The number of fused-ring (bicyclic) bond motifs is 1. The minimum Gasteiger partial charge on any atom is -0.494 e. The van der Waals surface area contributed by atoms with E-state index >= 15 is 0 Å². The maximum absolute atomic E-state index is 11.9. The summed E-state index contributed by atoms with van der Waals surface area (Å²) in [6.45, 7) is 0. The number of halogens is 1. The lowest BCUT2D eigenvalue weighted by Crippen LogP contribution is -2.18. The van der Waals surface area contributed by atoms with E-state index < -0.39 is 0 Å². The van der Waals surface area contributed by atoms with Crippen molar-refractivity contribution in [3.8, 4) is 5.75 Å². The molecule has 0 aliphatic rings. The van der Waals surface area contributed by atoms with Crippen molar-refractivity contribution in [2.75, 3.05) is 17.7 Å². The first-order valence-electron chi connectivity index (χ1n) is 5.92. The Hall–Kier alpha value is -1.83. The van der Waals surface area contributed by atoms with Gasteiger partial charge in [0.15, 0.2) is 5.13 Å². The molecule has 2 heterocycles. The summed E-state index contributed by atoms with van der Waals surface area (Å²) in [5.41, 5.74) is 0.640. The van der Waals surface area contributed by atoms with Gasteiger partial charge in [0.05, 0.1) is 21.8 Å². The molecule has 0 saturated carbocycles. The van der Waals surface area contributed by atoms with Crippen LogP contribution in [0.3, 0.4) is 0 Å². The van der Waals surface area contributed by atoms with Crippen LogP contribution in [0.25, 0.3) is 10.2 Å². The monoisotopic (exact) mass is 339 g/mol. The number of rotatable bonds is 3. The van der Waals surface area contributed by atoms with Crippen molar-refractivity contribution in [3.05, 3.63) is 34.7 Å². The highest BCUT2D eigenvalue weighted by molar-refractivity contribution is 7.23. The molecule has 1 aromatic carbocycles. The summed E-state index contributed by atoms with van der Waals surface area (Å²) in [5.74, 6) is 0.623. The molecule has 0 unspecified atom stereocenters. The van der Waals surface area contributed by atoms with E-state index in [9.17, 15) is 4.79 Å². The van der Waals surface area contributed by atoms with Crippen LogP contribution in [0, 0.1) is 0 Å². The number of nitrogens with one attached hydrogen (secondary N) is 2. The molecule has 5 nitrogen and oxygen atoms in total. The molecule has 8 heteroatoms. The highest BCUT2D eigenvalue weighted by atomic mass is 35.5. The van der Waals surface area contributed by atoms with Gasteiger partial charge in [0.25, 0.3) is 0 Å². The number of nitrogens with zero attached hydrogens (tertiary/aromatic N) is 1. The van der Waals surface area contributed by atoms with Gasteiger partial charge in [-0.05, 0) is 29.6 Å². The van der Waals surface area contributed by atoms with Gasteiger partial charge in [0, 0.05) is 0 Å². The van der Waals surface area contributed by atoms with Crippen LogP contribution in [0.15, 0.2) is 29.6 Å². The third-order valence-electron chi connectivity index (χ3n) is 2.66. The fraction of sp³-hybridized carbons (Fsp3) is 0.0769. The summed E-state index contributed by atoms with van der Waals surface area (Å²) >= 11 is 8.89. The summed E-state index contributed by atoms with van der Waals surface area (Å²) in [7, 11) is 1.57. The van der Waals surface area contributed by atoms with Gasteiger partial charge in [0.2, 0.25) is 0 Å². The van der Waals surface area contributed by atoms with E-state index in [0.29, 0.717) is 21.4 Å². The summed E-state index contributed by atoms with van der Waals surface area (Å²) in [6, 6.07) is 6.84. The Bertz CT molecular complexity index is 786. The van der Waals surface area contributed by atoms with Gasteiger partial charge < -0.3 is 4.74 Å². The van der Waals surface area contributed by atoms with Gasteiger partial charge >= 0.3 is 6.03 Å². The molecule has 0 fully saturated rings. The number of urea groups is 1. The van der Waals surface area contributed by atoms with Crippen LogP contribution in [0.5, 0.6) is 5.75 Å². The smallest absolute Gasteiger partial charge is 0.326 e. The predicted octanol–water partition coefficient (Wildman–Crippen LogP) is 4.66. The van der Waals surface area contributed by atoms with Crippen molar-refractivity contribution in [1.82, 2.24) is 4.98 Å².